The van der Waals surface area contributed by atoms with Crippen LogP contribution in [-0.4, -0.2) is 23.5 Å². The van der Waals surface area contributed by atoms with Gasteiger partial charge in [-0.3, -0.25) is 9.59 Å². The molecule has 1 aliphatic rings. The molecule has 0 aromatic heterocycles. The van der Waals surface area contributed by atoms with Crippen LogP contribution in [0.1, 0.15) is 32.3 Å². The number of hydrogen-bond acceptors (Lipinski definition) is 2. The first-order valence-corrected chi connectivity index (χ1v) is 6.94. The van der Waals surface area contributed by atoms with Gasteiger partial charge in [-0.1, -0.05) is 29.8 Å². The largest absolute Gasteiger partial charge is 0.481 e. The van der Waals surface area contributed by atoms with Crippen molar-refractivity contribution >= 4 is 23.5 Å². The number of carboxylic acids is 1. The summed E-state index contributed by atoms with van der Waals surface area (Å²) < 4.78 is 0. The number of carbonyl (C=O) groups is 2. The van der Waals surface area contributed by atoms with Crippen LogP contribution in [0, 0.1) is 5.41 Å². The Kier molecular flexibility index (Phi) is 3.78. The van der Waals surface area contributed by atoms with Crippen LogP contribution in [0.15, 0.2) is 24.3 Å². The van der Waals surface area contributed by atoms with Crippen LogP contribution in [0.4, 0.5) is 0 Å². The normalized spacial score (nSPS) is 16.6. The third-order valence-electron chi connectivity index (χ3n) is 4.01. The van der Waals surface area contributed by atoms with E-state index in [0.717, 1.165) is 5.56 Å². The van der Waals surface area contributed by atoms with Crippen LogP contribution >= 0.6 is 11.6 Å². The maximum absolute atomic E-state index is 12.4. The van der Waals surface area contributed by atoms with Gasteiger partial charge in [-0.05, 0) is 38.3 Å². The van der Waals surface area contributed by atoms with Gasteiger partial charge in [0.2, 0.25) is 5.91 Å². The second-order valence-corrected chi connectivity index (χ2v) is 6.28. The van der Waals surface area contributed by atoms with E-state index >= 15 is 0 Å². The zero-order valence-corrected chi connectivity index (χ0v) is 12.3. The van der Waals surface area contributed by atoms with E-state index in [4.69, 9.17) is 16.7 Å². The van der Waals surface area contributed by atoms with Crippen LogP contribution < -0.4 is 5.32 Å². The van der Waals surface area contributed by atoms with E-state index in [1.807, 2.05) is 18.2 Å². The molecule has 1 aromatic carbocycles. The second kappa shape index (κ2) is 5.09. The van der Waals surface area contributed by atoms with Crippen molar-refractivity contribution in [1.82, 2.24) is 5.32 Å². The summed E-state index contributed by atoms with van der Waals surface area (Å²) in [7, 11) is 0. The van der Waals surface area contributed by atoms with E-state index in [1.54, 1.807) is 19.9 Å². The molecule has 2 rings (SSSR count). The fraction of sp³-hybridized carbons (Fsp3) is 0.467. The number of carbonyl (C=O) groups excluding carboxylic acids is 1. The minimum atomic E-state index is -0.839. The third kappa shape index (κ3) is 2.66. The minimum Gasteiger partial charge on any atom is -0.481 e. The van der Waals surface area contributed by atoms with E-state index in [-0.39, 0.29) is 12.5 Å². The van der Waals surface area contributed by atoms with Gasteiger partial charge in [0.05, 0.1) is 10.8 Å². The van der Waals surface area contributed by atoms with Crippen molar-refractivity contribution in [3.63, 3.8) is 0 Å². The lowest BCUT2D eigenvalue weighted by Crippen LogP contribution is -2.43. The Bertz CT molecular complexity index is 550. The summed E-state index contributed by atoms with van der Waals surface area (Å²) in [5.74, 6) is -1.05. The molecule has 0 saturated heterocycles. The van der Waals surface area contributed by atoms with E-state index in [1.165, 1.54) is 0 Å². The van der Waals surface area contributed by atoms with Crippen LogP contribution in [0.3, 0.4) is 0 Å². The molecular formula is C15H18ClNO3. The fourth-order valence-corrected chi connectivity index (χ4v) is 2.55. The summed E-state index contributed by atoms with van der Waals surface area (Å²) in [6.07, 6.45) is 1.24. The molecule has 4 nitrogen and oxygen atoms in total. The van der Waals surface area contributed by atoms with Crippen molar-refractivity contribution < 1.29 is 14.7 Å². The summed E-state index contributed by atoms with van der Waals surface area (Å²) in [5, 5.41) is 12.4. The molecule has 1 amide bonds. The van der Waals surface area contributed by atoms with E-state index in [9.17, 15) is 9.59 Å². The lowest BCUT2D eigenvalue weighted by Gasteiger charge is -2.26. The predicted molar refractivity (Wildman–Crippen MR) is 76.8 cm³/mol. The first-order chi connectivity index (χ1) is 9.29. The molecule has 0 aliphatic heterocycles. The molecule has 1 aliphatic carbocycles. The van der Waals surface area contributed by atoms with Crippen molar-refractivity contribution in [2.75, 3.05) is 6.54 Å². The van der Waals surface area contributed by atoms with E-state index < -0.39 is 16.8 Å². The molecule has 1 saturated carbocycles. The zero-order valence-electron chi connectivity index (χ0n) is 11.6. The van der Waals surface area contributed by atoms with Gasteiger partial charge >= 0.3 is 5.97 Å². The Balaban J connectivity index is 2.08. The molecule has 1 fully saturated rings. The van der Waals surface area contributed by atoms with Crippen molar-refractivity contribution in [3.05, 3.63) is 34.9 Å². The summed E-state index contributed by atoms with van der Waals surface area (Å²) in [6, 6.07) is 7.19. The van der Waals surface area contributed by atoms with Crippen LogP contribution in [0.5, 0.6) is 0 Å². The Morgan fingerprint density at radius 3 is 2.45 bits per heavy atom. The first kappa shape index (κ1) is 14.9. The average Bonchev–Trinajstić information content (AvgIpc) is 3.17. The lowest BCUT2D eigenvalue weighted by atomic mass is 9.83. The number of hydrogen-bond donors (Lipinski definition) is 2. The van der Waals surface area contributed by atoms with E-state index in [2.05, 4.69) is 5.32 Å². The highest BCUT2D eigenvalue weighted by atomic mass is 35.5. The van der Waals surface area contributed by atoms with Crippen molar-refractivity contribution in [3.8, 4) is 0 Å². The standard InChI is InChI=1S/C15H18ClNO3/c1-14(2,10-5-3-4-6-11(10)16)12(18)17-9-15(7-8-15)13(19)20/h3-6H,7-9H2,1-2H3,(H,17,18)(H,19,20). The smallest absolute Gasteiger partial charge is 0.311 e. The molecule has 2 N–H and O–H groups in total. The molecule has 20 heavy (non-hydrogen) atoms. The van der Waals surface area contributed by atoms with Gasteiger partial charge in [-0.15, -0.1) is 0 Å². The molecule has 0 bridgehead atoms. The highest BCUT2D eigenvalue weighted by Crippen LogP contribution is 2.45. The number of benzene rings is 1. The monoisotopic (exact) mass is 295 g/mol. The molecular weight excluding hydrogens is 278 g/mol. The van der Waals surface area contributed by atoms with Gasteiger partial charge in [0, 0.05) is 11.6 Å². The van der Waals surface area contributed by atoms with E-state index in [0.29, 0.717) is 17.9 Å². The van der Waals surface area contributed by atoms with Gasteiger partial charge in [0.1, 0.15) is 0 Å². The third-order valence-corrected chi connectivity index (χ3v) is 4.34. The highest BCUT2D eigenvalue weighted by Gasteiger charge is 2.50. The van der Waals surface area contributed by atoms with Crippen LogP contribution in [-0.2, 0) is 15.0 Å². The average molecular weight is 296 g/mol. The predicted octanol–water partition coefficient (Wildman–Crippen LogP) is 2.60. The minimum absolute atomic E-state index is 0.176. The van der Waals surface area contributed by atoms with Gasteiger partial charge in [-0.25, -0.2) is 0 Å². The summed E-state index contributed by atoms with van der Waals surface area (Å²) in [4.78, 5) is 23.4. The van der Waals surface area contributed by atoms with Crippen molar-refractivity contribution in [2.24, 2.45) is 5.41 Å². The second-order valence-electron chi connectivity index (χ2n) is 5.87. The number of aliphatic carboxylic acids is 1. The number of carboxylic acid groups (broad SMARTS) is 1. The SMILES string of the molecule is CC(C)(C(=O)NCC1(C(=O)O)CC1)c1ccccc1Cl. The molecule has 0 spiro atoms. The number of halogens is 1. The Morgan fingerprint density at radius 2 is 1.95 bits per heavy atom. The molecule has 0 unspecified atom stereocenters. The number of rotatable bonds is 5. The van der Waals surface area contributed by atoms with Crippen molar-refractivity contribution in [1.29, 1.82) is 0 Å². The molecule has 0 heterocycles. The highest BCUT2D eigenvalue weighted by molar-refractivity contribution is 6.31. The molecule has 1 aromatic rings. The maximum atomic E-state index is 12.4. The van der Waals surface area contributed by atoms with Crippen LogP contribution in [0.25, 0.3) is 0 Å². The van der Waals surface area contributed by atoms with Gasteiger partial charge in [-0.2, -0.15) is 0 Å². The summed E-state index contributed by atoms with van der Waals surface area (Å²) >= 11 is 6.13. The molecule has 5 heteroatoms. The quantitative estimate of drug-likeness (QED) is 0.877. The van der Waals surface area contributed by atoms with Gasteiger partial charge < -0.3 is 10.4 Å². The van der Waals surface area contributed by atoms with Gasteiger partial charge in [0.25, 0.3) is 0 Å². The van der Waals surface area contributed by atoms with Crippen LogP contribution in [0.2, 0.25) is 5.02 Å². The number of nitrogens with one attached hydrogen (secondary N) is 1. The zero-order chi connectivity index (χ0) is 15.0. The summed E-state index contributed by atoms with van der Waals surface area (Å²) in [5.41, 5.74) is -0.821. The van der Waals surface area contributed by atoms with Gasteiger partial charge in [0.15, 0.2) is 0 Å². The molecule has 0 radical (unpaired) electrons. The topological polar surface area (TPSA) is 66.4 Å². The lowest BCUT2D eigenvalue weighted by molar-refractivity contribution is -0.143. The first-order valence-electron chi connectivity index (χ1n) is 6.56. The Morgan fingerprint density at radius 1 is 1.35 bits per heavy atom. The fourth-order valence-electron chi connectivity index (χ4n) is 2.18. The molecule has 108 valence electrons. The number of amides is 1. The molecule has 0 atom stereocenters. The summed E-state index contributed by atoms with van der Waals surface area (Å²) in [6.45, 7) is 3.74. The Hall–Kier alpha value is -1.55. The Labute approximate surface area is 123 Å². The maximum Gasteiger partial charge on any atom is 0.311 e. The van der Waals surface area contributed by atoms with Crippen molar-refractivity contribution in [2.45, 2.75) is 32.1 Å².